The van der Waals surface area contributed by atoms with Crippen molar-refractivity contribution in [1.29, 1.82) is 0 Å². The van der Waals surface area contributed by atoms with E-state index in [2.05, 4.69) is 4.90 Å². The Bertz CT molecular complexity index is 454. The number of carbonyl (C=O) groups excluding carboxylic acids is 1. The largest absolute Gasteiger partial charge is 0.366 e. The summed E-state index contributed by atoms with van der Waals surface area (Å²) in [5, 5.41) is 11.1. The standard InChI is InChI=1S/C13H16N2O3/c16-9-6-11-4-5-12(13(10-11)15(17)18)14-7-2-1-3-8-14/h4-5,9-10H,1-3,6-8H2. The maximum atomic E-state index is 11.1. The van der Waals surface area contributed by atoms with Crippen molar-refractivity contribution < 1.29 is 9.72 Å². The highest BCUT2D eigenvalue weighted by atomic mass is 16.6. The van der Waals surface area contributed by atoms with E-state index in [1.165, 1.54) is 12.5 Å². The molecule has 2 rings (SSSR count). The highest BCUT2D eigenvalue weighted by Gasteiger charge is 2.21. The first-order valence-corrected chi connectivity index (χ1v) is 6.18. The Morgan fingerprint density at radius 3 is 2.61 bits per heavy atom. The van der Waals surface area contributed by atoms with E-state index in [4.69, 9.17) is 0 Å². The van der Waals surface area contributed by atoms with E-state index in [-0.39, 0.29) is 17.0 Å². The van der Waals surface area contributed by atoms with Gasteiger partial charge in [-0.3, -0.25) is 10.1 Å². The molecule has 0 bridgehead atoms. The fourth-order valence-electron chi connectivity index (χ4n) is 2.34. The topological polar surface area (TPSA) is 63.5 Å². The third-order valence-electron chi connectivity index (χ3n) is 3.25. The average Bonchev–Trinajstić information content (AvgIpc) is 2.40. The Kier molecular flexibility index (Phi) is 3.92. The van der Waals surface area contributed by atoms with E-state index < -0.39 is 0 Å². The number of rotatable bonds is 4. The molecule has 0 atom stereocenters. The summed E-state index contributed by atoms with van der Waals surface area (Å²) in [7, 11) is 0. The molecule has 0 spiro atoms. The van der Waals surface area contributed by atoms with Gasteiger partial charge in [-0.1, -0.05) is 6.07 Å². The summed E-state index contributed by atoms with van der Waals surface area (Å²) in [6.45, 7) is 1.74. The monoisotopic (exact) mass is 248 g/mol. The maximum Gasteiger partial charge on any atom is 0.292 e. The molecule has 18 heavy (non-hydrogen) atoms. The lowest BCUT2D eigenvalue weighted by Gasteiger charge is -2.28. The third kappa shape index (κ3) is 2.67. The summed E-state index contributed by atoms with van der Waals surface area (Å²) in [4.78, 5) is 23.3. The van der Waals surface area contributed by atoms with E-state index in [1.807, 2.05) is 0 Å². The van der Waals surface area contributed by atoms with Crippen LogP contribution in [0.5, 0.6) is 0 Å². The van der Waals surface area contributed by atoms with Gasteiger partial charge in [0.05, 0.1) is 4.92 Å². The fraction of sp³-hybridized carbons (Fsp3) is 0.462. The van der Waals surface area contributed by atoms with Gasteiger partial charge in [-0.05, 0) is 30.9 Å². The van der Waals surface area contributed by atoms with Gasteiger partial charge >= 0.3 is 0 Å². The van der Waals surface area contributed by atoms with Crippen LogP contribution in [0.2, 0.25) is 0 Å². The summed E-state index contributed by atoms with van der Waals surface area (Å²) < 4.78 is 0. The minimum atomic E-state index is -0.363. The van der Waals surface area contributed by atoms with Crippen LogP contribution in [-0.2, 0) is 11.2 Å². The molecule has 5 heteroatoms. The van der Waals surface area contributed by atoms with Crippen LogP contribution in [0.25, 0.3) is 0 Å². The number of anilines is 1. The van der Waals surface area contributed by atoms with Crippen LogP contribution in [0.4, 0.5) is 11.4 Å². The van der Waals surface area contributed by atoms with Crippen molar-refractivity contribution in [3.8, 4) is 0 Å². The predicted molar refractivity (Wildman–Crippen MR) is 68.9 cm³/mol. The van der Waals surface area contributed by atoms with Crippen molar-refractivity contribution in [3.05, 3.63) is 33.9 Å². The van der Waals surface area contributed by atoms with Crippen LogP contribution in [0.15, 0.2) is 18.2 Å². The second-order valence-electron chi connectivity index (χ2n) is 4.50. The Labute approximate surface area is 106 Å². The van der Waals surface area contributed by atoms with Crippen molar-refractivity contribution >= 4 is 17.7 Å². The lowest BCUT2D eigenvalue weighted by molar-refractivity contribution is -0.384. The van der Waals surface area contributed by atoms with Gasteiger partial charge in [0.2, 0.25) is 0 Å². The van der Waals surface area contributed by atoms with Gasteiger partial charge in [0.1, 0.15) is 12.0 Å². The summed E-state index contributed by atoms with van der Waals surface area (Å²) in [5.74, 6) is 0. The van der Waals surface area contributed by atoms with E-state index in [0.717, 1.165) is 32.2 Å². The van der Waals surface area contributed by atoms with Crippen LogP contribution in [0.1, 0.15) is 24.8 Å². The summed E-state index contributed by atoms with van der Waals surface area (Å²) >= 11 is 0. The zero-order valence-corrected chi connectivity index (χ0v) is 10.2. The first-order chi connectivity index (χ1) is 8.72. The first-order valence-electron chi connectivity index (χ1n) is 6.18. The summed E-state index contributed by atoms with van der Waals surface area (Å²) in [6.07, 6.45) is 4.33. The molecule has 1 aliphatic rings. The fourth-order valence-corrected chi connectivity index (χ4v) is 2.34. The van der Waals surface area contributed by atoms with Gasteiger partial charge in [0, 0.05) is 25.6 Å². The lowest BCUT2D eigenvalue weighted by Crippen LogP contribution is -2.29. The smallest absolute Gasteiger partial charge is 0.292 e. The molecule has 0 unspecified atom stereocenters. The highest BCUT2D eigenvalue weighted by molar-refractivity contribution is 5.66. The third-order valence-corrected chi connectivity index (χ3v) is 3.25. The summed E-state index contributed by atoms with van der Waals surface area (Å²) in [5.41, 5.74) is 1.48. The number of nitrogens with zero attached hydrogens (tertiary/aromatic N) is 2. The van der Waals surface area contributed by atoms with Crippen molar-refractivity contribution in [1.82, 2.24) is 0 Å². The number of aldehydes is 1. The second-order valence-corrected chi connectivity index (χ2v) is 4.50. The Hall–Kier alpha value is -1.91. The number of nitro groups is 1. The molecule has 5 nitrogen and oxygen atoms in total. The molecule has 1 heterocycles. The molecule has 0 N–H and O–H groups in total. The molecule has 0 aromatic heterocycles. The first kappa shape index (κ1) is 12.5. The van der Waals surface area contributed by atoms with Gasteiger partial charge in [0.15, 0.2) is 0 Å². The van der Waals surface area contributed by atoms with Crippen molar-refractivity contribution in [2.75, 3.05) is 18.0 Å². The Morgan fingerprint density at radius 1 is 1.28 bits per heavy atom. The van der Waals surface area contributed by atoms with E-state index >= 15 is 0 Å². The van der Waals surface area contributed by atoms with Crippen LogP contribution in [0, 0.1) is 10.1 Å². The average molecular weight is 248 g/mol. The van der Waals surface area contributed by atoms with Crippen LogP contribution in [0.3, 0.4) is 0 Å². The zero-order valence-electron chi connectivity index (χ0n) is 10.2. The molecule has 0 radical (unpaired) electrons. The SMILES string of the molecule is O=CCc1ccc(N2CCCCC2)c([N+](=O)[O-])c1. The van der Waals surface area contributed by atoms with Crippen LogP contribution >= 0.6 is 0 Å². The lowest BCUT2D eigenvalue weighted by atomic mass is 10.1. The van der Waals surface area contributed by atoms with Crippen molar-refractivity contribution in [2.45, 2.75) is 25.7 Å². The highest BCUT2D eigenvalue weighted by Crippen LogP contribution is 2.31. The van der Waals surface area contributed by atoms with Gasteiger partial charge in [0.25, 0.3) is 5.69 Å². The van der Waals surface area contributed by atoms with Gasteiger partial charge in [-0.2, -0.15) is 0 Å². The molecule has 1 aromatic rings. The number of nitro benzene ring substituents is 1. The normalized spacial score (nSPS) is 15.4. The van der Waals surface area contributed by atoms with Crippen molar-refractivity contribution in [3.63, 3.8) is 0 Å². The van der Waals surface area contributed by atoms with Crippen molar-refractivity contribution in [2.24, 2.45) is 0 Å². The molecule has 0 aliphatic carbocycles. The Balaban J connectivity index is 2.33. The molecule has 0 saturated carbocycles. The van der Waals surface area contributed by atoms with Crippen LogP contribution < -0.4 is 4.90 Å². The predicted octanol–water partition coefficient (Wildman–Crippen LogP) is 2.33. The number of benzene rings is 1. The van der Waals surface area contributed by atoms with Gasteiger partial charge in [-0.15, -0.1) is 0 Å². The minimum absolute atomic E-state index is 0.108. The quantitative estimate of drug-likeness (QED) is 0.466. The molecule has 1 aromatic carbocycles. The number of hydrogen-bond acceptors (Lipinski definition) is 4. The molecule has 1 fully saturated rings. The Morgan fingerprint density at radius 2 is 2.00 bits per heavy atom. The molecular formula is C13H16N2O3. The molecule has 0 amide bonds. The van der Waals surface area contributed by atoms with Gasteiger partial charge in [-0.25, -0.2) is 0 Å². The summed E-state index contributed by atoms with van der Waals surface area (Å²) in [6, 6.07) is 5.08. The van der Waals surface area contributed by atoms with E-state index in [0.29, 0.717) is 11.3 Å². The number of hydrogen-bond donors (Lipinski definition) is 0. The maximum absolute atomic E-state index is 11.1. The van der Waals surface area contributed by atoms with Crippen LogP contribution in [-0.4, -0.2) is 24.3 Å². The van der Waals surface area contributed by atoms with Gasteiger partial charge < -0.3 is 9.69 Å². The second kappa shape index (κ2) is 5.62. The van der Waals surface area contributed by atoms with E-state index in [9.17, 15) is 14.9 Å². The molecule has 1 aliphatic heterocycles. The molecular weight excluding hydrogens is 232 g/mol. The number of piperidine rings is 1. The van der Waals surface area contributed by atoms with E-state index in [1.54, 1.807) is 12.1 Å². The number of carbonyl (C=O) groups is 1. The minimum Gasteiger partial charge on any atom is -0.366 e. The molecule has 1 saturated heterocycles. The molecule has 96 valence electrons. The zero-order chi connectivity index (χ0) is 13.0.